The minimum atomic E-state index is 0.308. The summed E-state index contributed by atoms with van der Waals surface area (Å²) in [5.41, 5.74) is 1.78. The molecule has 0 spiro atoms. The van der Waals surface area contributed by atoms with Gasteiger partial charge in [-0.05, 0) is 31.4 Å². The van der Waals surface area contributed by atoms with Gasteiger partial charge in [0.1, 0.15) is 5.82 Å². The molecule has 2 fully saturated rings. The topological polar surface area (TPSA) is 65.7 Å². The smallest absolute Gasteiger partial charge is 0.174 e. The maximum atomic E-state index is 5.48. The molecule has 0 bridgehead atoms. The summed E-state index contributed by atoms with van der Waals surface area (Å²) in [6, 6.07) is 7.90. The first-order chi connectivity index (χ1) is 11.4. The van der Waals surface area contributed by atoms with E-state index >= 15 is 0 Å². The quantitative estimate of drug-likeness (QED) is 0.744. The summed E-state index contributed by atoms with van der Waals surface area (Å²) >= 11 is 0. The molecule has 6 nitrogen and oxygen atoms in total. The van der Waals surface area contributed by atoms with Gasteiger partial charge < -0.3 is 4.74 Å². The molecule has 3 heterocycles. The van der Waals surface area contributed by atoms with Crippen molar-refractivity contribution in [3.05, 3.63) is 42.1 Å². The van der Waals surface area contributed by atoms with Gasteiger partial charge in [-0.2, -0.15) is 4.68 Å². The molecule has 5 rings (SSSR count). The summed E-state index contributed by atoms with van der Waals surface area (Å²) in [5, 5.41) is 4.75. The number of hydrogen-bond acceptors (Lipinski definition) is 5. The van der Waals surface area contributed by atoms with Crippen molar-refractivity contribution in [3.63, 3.8) is 0 Å². The van der Waals surface area contributed by atoms with Gasteiger partial charge in [0.2, 0.25) is 0 Å². The van der Waals surface area contributed by atoms with Gasteiger partial charge >= 0.3 is 0 Å². The van der Waals surface area contributed by atoms with Crippen LogP contribution in [0.1, 0.15) is 42.7 Å². The van der Waals surface area contributed by atoms with E-state index in [-0.39, 0.29) is 0 Å². The summed E-state index contributed by atoms with van der Waals surface area (Å²) in [4.78, 5) is 14.0. The first-order valence-corrected chi connectivity index (χ1v) is 8.15. The third-order valence-electron chi connectivity index (χ3n) is 4.54. The van der Waals surface area contributed by atoms with E-state index in [2.05, 4.69) is 4.98 Å². The highest BCUT2D eigenvalue weighted by molar-refractivity contribution is 5.74. The van der Waals surface area contributed by atoms with Crippen molar-refractivity contribution >= 4 is 11.0 Å². The molecule has 1 aromatic carbocycles. The fourth-order valence-corrected chi connectivity index (χ4v) is 3.08. The fraction of sp³-hybridized carbons (Fsp3) is 0.412. The van der Waals surface area contributed by atoms with Crippen LogP contribution in [-0.4, -0.2) is 37.9 Å². The van der Waals surface area contributed by atoms with Crippen LogP contribution in [0.3, 0.4) is 0 Å². The van der Waals surface area contributed by atoms with Gasteiger partial charge in [0.15, 0.2) is 11.6 Å². The number of rotatable bonds is 3. The number of benzene rings is 1. The van der Waals surface area contributed by atoms with Gasteiger partial charge in [-0.3, -0.25) is 4.98 Å². The molecule has 1 saturated carbocycles. The minimum Gasteiger partial charge on any atom is -0.381 e. The third kappa shape index (κ3) is 2.30. The Labute approximate surface area is 133 Å². The Morgan fingerprint density at radius 2 is 1.87 bits per heavy atom. The zero-order valence-electron chi connectivity index (χ0n) is 12.7. The molecule has 1 aliphatic heterocycles. The second-order valence-electron chi connectivity index (χ2n) is 6.29. The first-order valence-electron chi connectivity index (χ1n) is 8.15. The molecule has 1 unspecified atom stereocenters. The van der Waals surface area contributed by atoms with E-state index in [1.807, 2.05) is 28.9 Å². The van der Waals surface area contributed by atoms with E-state index in [4.69, 9.17) is 19.8 Å². The molecule has 1 aliphatic carbocycles. The van der Waals surface area contributed by atoms with E-state index in [9.17, 15) is 0 Å². The number of hydrogen-bond donors (Lipinski definition) is 0. The lowest BCUT2D eigenvalue weighted by atomic mass is 10.1. The molecule has 3 aromatic rings. The van der Waals surface area contributed by atoms with Gasteiger partial charge in [0.25, 0.3) is 0 Å². The number of ether oxygens (including phenoxy) is 1. The van der Waals surface area contributed by atoms with E-state index in [1.165, 1.54) is 12.8 Å². The largest absolute Gasteiger partial charge is 0.381 e. The Morgan fingerprint density at radius 1 is 1.00 bits per heavy atom. The molecule has 6 heteroatoms. The SMILES string of the molecule is c1ccc2nc(-n3nc(C4CCOC4)nc3C3CC3)cnc2c1. The van der Waals surface area contributed by atoms with Crippen LogP contribution < -0.4 is 0 Å². The van der Waals surface area contributed by atoms with Crippen LogP contribution >= 0.6 is 0 Å². The highest BCUT2D eigenvalue weighted by Gasteiger charge is 2.33. The van der Waals surface area contributed by atoms with Gasteiger partial charge in [0, 0.05) is 18.4 Å². The van der Waals surface area contributed by atoms with Crippen LogP contribution in [0, 0.1) is 0 Å². The Bertz CT molecular complexity index is 864. The number of para-hydroxylation sites is 2. The van der Waals surface area contributed by atoms with E-state index in [0.29, 0.717) is 11.8 Å². The second-order valence-corrected chi connectivity index (χ2v) is 6.29. The van der Waals surface area contributed by atoms with Crippen LogP contribution in [0.25, 0.3) is 16.9 Å². The maximum absolute atomic E-state index is 5.48. The lowest BCUT2D eigenvalue weighted by Gasteiger charge is -2.05. The van der Waals surface area contributed by atoms with Crippen LogP contribution in [0.5, 0.6) is 0 Å². The molecule has 1 saturated heterocycles. The van der Waals surface area contributed by atoms with Crippen molar-refractivity contribution < 1.29 is 4.74 Å². The van der Waals surface area contributed by atoms with Crippen molar-refractivity contribution in [1.29, 1.82) is 0 Å². The average molecular weight is 307 g/mol. The predicted molar refractivity (Wildman–Crippen MR) is 84.6 cm³/mol. The van der Waals surface area contributed by atoms with Crippen LogP contribution in [0.2, 0.25) is 0 Å². The lowest BCUT2D eigenvalue weighted by Crippen LogP contribution is -2.06. The second kappa shape index (κ2) is 5.09. The monoisotopic (exact) mass is 307 g/mol. The summed E-state index contributed by atoms with van der Waals surface area (Å²) < 4.78 is 7.38. The van der Waals surface area contributed by atoms with E-state index in [0.717, 1.165) is 48.1 Å². The summed E-state index contributed by atoms with van der Waals surface area (Å²) in [7, 11) is 0. The molecular weight excluding hydrogens is 290 g/mol. The molecule has 0 radical (unpaired) electrons. The molecule has 1 atom stereocenters. The molecule has 23 heavy (non-hydrogen) atoms. The summed E-state index contributed by atoms with van der Waals surface area (Å²) in [5.74, 6) is 3.48. The van der Waals surface area contributed by atoms with Gasteiger partial charge in [-0.1, -0.05) is 12.1 Å². The summed E-state index contributed by atoms with van der Waals surface area (Å²) in [6.07, 6.45) is 5.15. The highest BCUT2D eigenvalue weighted by Crippen LogP contribution is 2.40. The Balaban J connectivity index is 1.62. The summed E-state index contributed by atoms with van der Waals surface area (Å²) in [6.45, 7) is 1.52. The van der Waals surface area contributed by atoms with Gasteiger partial charge in [-0.25, -0.2) is 9.97 Å². The Kier molecular flexibility index (Phi) is 2.91. The van der Waals surface area contributed by atoms with Crippen molar-refractivity contribution in [2.24, 2.45) is 0 Å². The lowest BCUT2D eigenvalue weighted by molar-refractivity contribution is 0.193. The molecule has 116 valence electrons. The number of nitrogens with zero attached hydrogens (tertiary/aromatic N) is 5. The minimum absolute atomic E-state index is 0.308. The zero-order chi connectivity index (χ0) is 15.2. The van der Waals surface area contributed by atoms with E-state index < -0.39 is 0 Å². The molecule has 0 N–H and O–H groups in total. The molecule has 2 aliphatic rings. The predicted octanol–water partition coefficient (Wildman–Crippen LogP) is 2.59. The highest BCUT2D eigenvalue weighted by atomic mass is 16.5. The van der Waals surface area contributed by atoms with Crippen molar-refractivity contribution in [3.8, 4) is 5.82 Å². The normalized spacial score (nSPS) is 21.1. The Hall–Kier alpha value is -2.34. The average Bonchev–Trinajstić information content (AvgIpc) is 3.12. The van der Waals surface area contributed by atoms with Gasteiger partial charge in [0.05, 0.1) is 23.8 Å². The fourth-order valence-electron chi connectivity index (χ4n) is 3.08. The molecule has 2 aromatic heterocycles. The van der Waals surface area contributed by atoms with Crippen LogP contribution in [-0.2, 0) is 4.74 Å². The van der Waals surface area contributed by atoms with Crippen molar-refractivity contribution in [2.45, 2.75) is 31.1 Å². The van der Waals surface area contributed by atoms with Gasteiger partial charge in [-0.15, -0.1) is 5.10 Å². The van der Waals surface area contributed by atoms with Crippen molar-refractivity contribution in [2.75, 3.05) is 13.2 Å². The van der Waals surface area contributed by atoms with E-state index in [1.54, 1.807) is 6.20 Å². The first kappa shape index (κ1) is 13.1. The standard InChI is InChI=1S/C17H17N5O/c1-2-4-14-13(3-1)18-9-15(19-14)22-17(11-5-6-11)20-16(21-22)12-7-8-23-10-12/h1-4,9,11-12H,5-8,10H2. The van der Waals surface area contributed by atoms with Crippen molar-refractivity contribution in [1.82, 2.24) is 24.7 Å². The number of aromatic nitrogens is 5. The Morgan fingerprint density at radius 3 is 2.65 bits per heavy atom. The maximum Gasteiger partial charge on any atom is 0.174 e. The van der Waals surface area contributed by atoms with Crippen LogP contribution in [0.4, 0.5) is 0 Å². The third-order valence-corrected chi connectivity index (χ3v) is 4.54. The zero-order valence-corrected chi connectivity index (χ0v) is 12.7. The number of fused-ring (bicyclic) bond motifs is 1. The molecular formula is C17H17N5O. The van der Waals surface area contributed by atoms with Crippen LogP contribution in [0.15, 0.2) is 30.5 Å². The molecule has 0 amide bonds.